The second-order valence-electron chi connectivity index (χ2n) is 6.86. The predicted molar refractivity (Wildman–Crippen MR) is 110 cm³/mol. The fraction of sp³-hybridized carbons (Fsp3) is 0.650. The lowest BCUT2D eigenvalue weighted by molar-refractivity contribution is 0.334. The van der Waals surface area contributed by atoms with Gasteiger partial charge in [0.25, 0.3) is 0 Å². The molecule has 2 rings (SSSR count). The minimum absolute atomic E-state index is 0.358. The van der Waals surface area contributed by atoms with Crippen molar-refractivity contribution in [1.82, 2.24) is 15.1 Å². The van der Waals surface area contributed by atoms with Crippen LogP contribution in [0.25, 0.3) is 0 Å². The molecule has 0 radical (unpaired) electrons. The summed E-state index contributed by atoms with van der Waals surface area (Å²) in [5, 5.41) is 13.5. The number of guanidine groups is 1. The van der Waals surface area contributed by atoms with Crippen molar-refractivity contribution in [1.29, 1.82) is 0 Å². The molecule has 1 heterocycles. The van der Waals surface area contributed by atoms with Crippen molar-refractivity contribution in [2.24, 2.45) is 4.99 Å². The van der Waals surface area contributed by atoms with E-state index in [0.717, 1.165) is 64.0 Å². The highest BCUT2D eigenvalue weighted by Gasteiger charge is 2.21. The van der Waals surface area contributed by atoms with Gasteiger partial charge in [0, 0.05) is 39.3 Å². The molecule has 146 valence electrons. The summed E-state index contributed by atoms with van der Waals surface area (Å²) >= 11 is 0. The molecule has 0 spiro atoms. The maximum atomic E-state index is 10.1. The normalized spacial score (nSPS) is 15.6. The lowest BCUT2D eigenvalue weighted by atomic mass is 10.2. The van der Waals surface area contributed by atoms with Crippen LogP contribution in [0.1, 0.15) is 26.7 Å². The quantitative estimate of drug-likeness (QED) is 0.549. The number of unbranched alkanes of at least 4 members (excludes halogenated alkanes) is 1. The summed E-state index contributed by atoms with van der Waals surface area (Å²) in [7, 11) is 2.17. The van der Waals surface area contributed by atoms with E-state index in [0.29, 0.717) is 5.75 Å². The third-order valence-corrected chi connectivity index (χ3v) is 4.77. The Kier molecular flexibility index (Phi) is 8.54. The molecule has 2 N–H and O–H groups in total. The van der Waals surface area contributed by atoms with Crippen molar-refractivity contribution in [3.63, 3.8) is 0 Å². The van der Waals surface area contributed by atoms with Crippen LogP contribution in [-0.4, -0.2) is 80.3 Å². The largest absolute Gasteiger partial charge is 0.506 e. The number of aliphatic imine (C=N–C) groups is 1. The van der Waals surface area contributed by atoms with Crippen LogP contribution >= 0.6 is 0 Å². The van der Waals surface area contributed by atoms with E-state index in [1.807, 2.05) is 18.2 Å². The average Bonchev–Trinajstić information content (AvgIpc) is 2.66. The van der Waals surface area contributed by atoms with Crippen LogP contribution in [0.5, 0.6) is 5.75 Å². The van der Waals surface area contributed by atoms with E-state index in [1.54, 1.807) is 6.07 Å². The van der Waals surface area contributed by atoms with E-state index in [-0.39, 0.29) is 0 Å². The first kappa shape index (κ1) is 20.4. The molecule has 0 atom stereocenters. The number of phenols is 1. The molecule has 1 aliphatic rings. The number of para-hydroxylation sites is 2. The number of aromatic hydroxyl groups is 1. The topological polar surface area (TPSA) is 54.3 Å². The number of hydrogen-bond acceptors (Lipinski definition) is 4. The Hall–Kier alpha value is -1.95. The first-order chi connectivity index (χ1) is 12.7. The number of phenolic OH excluding ortho intramolecular Hbond substituents is 1. The second-order valence-corrected chi connectivity index (χ2v) is 6.86. The van der Waals surface area contributed by atoms with E-state index in [4.69, 9.17) is 4.99 Å². The zero-order valence-electron chi connectivity index (χ0n) is 16.6. The molecule has 1 fully saturated rings. The maximum absolute atomic E-state index is 10.1. The van der Waals surface area contributed by atoms with E-state index in [9.17, 15) is 5.11 Å². The summed E-state index contributed by atoms with van der Waals surface area (Å²) in [6.07, 6.45) is 2.48. The first-order valence-electron chi connectivity index (χ1n) is 9.90. The van der Waals surface area contributed by atoms with E-state index in [2.05, 4.69) is 40.9 Å². The van der Waals surface area contributed by atoms with Crippen LogP contribution < -0.4 is 10.2 Å². The number of rotatable bonds is 8. The minimum Gasteiger partial charge on any atom is -0.506 e. The van der Waals surface area contributed by atoms with Gasteiger partial charge in [-0.3, -0.25) is 4.99 Å². The predicted octanol–water partition coefficient (Wildman–Crippen LogP) is 2.21. The van der Waals surface area contributed by atoms with Crippen LogP contribution in [-0.2, 0) is 0 Å². The molecule has 6 nitrogen and oxygen atoms in total. The highest BCUT2D eigenvalue weighted by atomic mass is 16.3. The van der Waals surface area contributed by atoms with Crippen LogP contribution in [0.15, 0.2) is 29.3 Å². The number of likely N-dealkylation sites (N-methyl/N-ethyl adjacent to an activating group) is 1. The maximum Gasteiger partial charge on any atom is 0.194 e. The third kappa shape index (κ3) is 6.09. The summed E-state index contributed by atoms with van der Waals surface area (Å²) in [5.41, 5.74) is 0.923. The highest BCUT2D eigenvalue weighted by Crippen LogP contribution is 2.27. The van der Waals surface area contributed by atoms with Crippen molar-refractivity contribution < 1.29 is 5.11 Å². The zero-order valence-corrected chi connectivity index (χ0v) is 16.6. The van der Waals surface area contributed by atoms with Gasteiger partial charge in [-0.2, -0.15) is 0 Å². The third-order valence-electron chi connectivity index (χ3n) is 4.77. The van der Waals surface area contributed by atoms with Gasteiger partial charge in [-0.15, -0.1) is 0 Å². The molecular weight excluding hydrogens is 326 g/mol. The van der Waals surface area contributed by atoms with Crippen molar-refractivity contribution in [3.05, 3.63) is 24.3 Å². The van der Waals surface area contributed by atoms with Crippen LogP contribution in [0.3, 0.4) is 0 Å². The molecule has 0 aromatic heterocycles. The Morgan fingerprint density at radius 2 is 1.88 bits per heavy atom. The number of hydrogen-bond donors (Lipinski definition) is 2. The van der Waals surface area contributed by atoms with Crippen LogP contribution in [0.4, 0.5) is 5.69 Å². The first-order valence-corrected chi connectivity index (χ1v) is 9.90. The van der Waals surface area contributed by atoms with E-state index >= 15 is 0 Å². The van der Waals surface area contributed by atoms with Crippen LogP contribution in [0.2, 0.25) is 0 Å². The van der Waals surface area contributed by atoms with Gasteiger partial charge >= 0.3 is 0 Å². The van der Waals surface area contributed by atoms with Crippen molar-refractivity contribution in [2.75, 3.05) is 64.3 Å². The summed E-state index contributed by atoms with van der Waals surface area (Å²) in [4.78, 5) is 11.7. The Bertz CT molecular complexity index is 555. The van der Waals surface area contributed by atoms with Gasteiger partial charge in [0.05, 0.1) is 12.2 Å². The monoisotopic (exact) mass is 361 g/mol. The summed E-state index contributed by atoms with van der Waals surface area (Å²) in [5.74, 6) is 1.37. The second kappa shape index (κ2) is 10.9. The van der Waals surface area contributed by atoms with Gasteiger partial charge in [-0.25, -0.2) is 0 Å². The van der Waals surface area contributed by atoms with Crippen LogP contribution in [0, 0.1) is 0 Å². The molecule has 1 aromatic rings. The molecule has 1 saturated heterocycles. The minimum atomic E-state index is 0.358. The molecule has 0 bridgehead atoms. The number of nitrogens with one attached hydrogen (secondary N) is 1. The van der Waals surface area contributed by atoms with Gasteiger partial charge in [-0.1, -0.05) is 25.5 Å². The Morgan fingerprint density at radius 3 is 2.54 bits per heavy atom. The molecule has 1 aromatic carbocycles. The van der Waals surface area contributed by atoms with Gasteiger partial charge in [0.1, 0.15) is 5.75 Å². The molecule has 6 heteroatoms. The van der Waals surface area contributed by atoms with Crippen molar-refractivity contribution >= 4 is 11.6 Å². The lowest BCUT2D eigenvalue weighted by Crippen LogP contribution is -2.52. The lowest BCUT2D eigenvalue weighted by Gasteiger charge is -2.38. The SMILES string of the molecule is CCCCN(C)CCN=C(NCC)N1CCN(c2ccccc2O)CC1. The molecular formula is C20H35N5O. The van der Waals surface area contributed by atoms with E-state index < -0.39 is 0 Å². The number of anilines is 1. The Balaban J connectivity index is 1.87. The van der Waals surface area contributed by atoms with Crippen molar-refractivity contribution in [3.8, 4) is 5.75 Å². The van der Waals surface area contributed by atoms with Gasteiger partial charge in [0.2, 0.25) is 0 Å². The summed E-state index contributed by atoms with van der Waals surface area (Å²) < 4.78 is 0. The average molecular weight is 362 g/mol. The molecule has 1 aliphatic heterocycles. The van der Waals surface area contributed by atoms with Gasteiger partial charge < -0.3 is 25.1 Å². The number of piperazine rings is 1. The van der Waals surface area contributed by atoms with Gasteiger partial charge in [-0.05, 0) is 39.1 Å². The standard InChI is InChI=1S/C20H35N5O/c1-4-6-12-23(3)13-11-22-20(21-5-2)25-16-14-24(15-17-25)18-9-7-8-10-19(18)26/h7-10,26H,4-6,11-17H2,1-3H3,(H,21,22). The molecule has 0 aliphatic carbocycles. The fourth-order valence-corrected chi connectivity index (χ4v) is 3.18. The Morgan fingerprint density at radius 1 is 1.15 bits per heavy atom. The summed E-state index contributed by atoms with van der Waals surface area (Å²) in [6.45, 7) is 11.8. The zero-order chi connectivity index (χ0) is 18.8. The molecule has 0 amide bonds. The van der Waals surface area contributed by atoms with Gasteiger partial charge in [0.15, 0.2) is 5.96 Å². The Labute approximate surface area is 158 Å². The van der Waals surface area contributed by atoms with E-state index in [1.165, 1.54) is 12.8 Å². The molecule has 26 heavy (non-hydrogen) atoms. The summed E-state index contributed by atoms with van der Waals surface area (Å²) in [6, 6.07) is 7.57. The smallest absolute Gasteiger partial charge is 0.194 e. The fourth-order valence-electron chi connectivity index (χ4n) is 3.18. The molecule has 0 unspecified atom stereocenters. The number of nitrogens with zero attached hydrogens (tertiary/aromatic N) is 4. The van der Waals surface area contributed by atoms with Crippen molar-refractivity contribution in [2.45, 2.75) is 26.7 Å². The highest BCUT2D eigenvalue weighted by molar-refractivity contribution is 5.80. The number of benzene rings is 1. The molecule has 0 saturated carbocycles.